The van der Waals surface area contributed by atoms with Crippen LogP contribution in [0, 0.1) is 6.92 Å². The Labute approximate surface area is 190 Å². The first-order chi connectivity index (χ1) is 15.9. The van der Waals surface area contributed by atoms with E-state index in [1.165, 1.54) is 0 Å². The molecule has 0 unspecified atom stereocenters. The lowest BCUT2D eigenvalue weighted by Crippen LogP contribution is -2.27. The van der Waals surface area contributed by atoms with E-state index in [0.29, 0.717) is 33.9 Å². The van der Waals surface area contributed by atoms with Crippen LogP contribution in [0.3, 0.4) is 0 Å². The molecule has 166 valence electrons. The summed E-state index contributed by atoms with van der Waals surface area (Å²) in [6.45, 7) is 6.29. The number of nitrogens with zero attached hydrogens (tertiary/aromatic N) is 6. The van der Waals surface area contributed by atoms with Crippen LogP contribution in [-0.2, 0) is 6.54 Å². The Morgan fingerprint density at radius 2 is 1.91 bits per heavy atom. The second kappa shape index (κ2) is 8.12. The van der Waals surface area contributed by atoms with Crippen molar-refractivity contribution in [3.05, 3.63) is 72.0 Å². The van der Waals surface area contributed by atoms with Crippen LogP contribution >= 0.6 is 0 Å². The van der Waals surface area contributed by atoms with Crippen molar-refractivity contribution in [2.45, 2.75) is 33.4 Å². The standard InChI is InChI=1S/C25H24N6O2/c1-15(2)31-24-19(13-26-31)18(12-21(29-24)22-10-7-11-33-22)25(32)30(4)14-23-27-16(3)17-8-5-6-9-20(17)28-23/h5-13,15H,14H2,1-4H3. The van der Waals surface area contributed by atoms with Gasteiger partial charge in [0.15, 0.2) is 11.4 Å². The van der Waals surface area contributed by atoms with Crippen LogP contribution in [0.2, 0.25) is 0 Å². The average Bonchev–Trinajstić information content (AvgIpc) is 3.48. The highest BCUT2D eigenvalue weighted by Gasteiger charge is 2.22. The Kier molecular flexibility index (Phi) is 5.12. The van der Waals surface area contributed by atoms with Crippen LogP contribution in [0.4, 0.5) is 0 Å². The van der Waals surface area contributed by atoms with Gasteiger partial charge in [0.1, 0.15) is 11.5 Å². The summed E-state index contributed by atoms with van der Waals surface area (Å²) in [6, 6.07) is 13.4. The number of fused-ring (bicyclic) bond motifs is 2. The maximum atomic E-state index is 13.6. The molecule has 0 fully saturated rings. The molecule has 0 bridgehead atoms. The minimum atomic E-state index is -0.159. The van der Waals surface area contributed by atoms with Crippen molar-refractivity contribution >= 4 is 27.8 Å². The first kappa shape index (κ1) is 20.8. The van der Waals surface area contributed by atoms with E-state index in [9.17, 15) is 4.79 Å². The van der Waals surface area contributed by atoms with Crippen molar-refractivity contribution in [3.8, 4) is 11.5 Å². The molecular formula is C25H24N6O2. The van der Waals surface area contributed by atoms with Crippen LogP contribution in [0.1, 0.15) is 41.8 Å². The van der Waals surface area contributed by atoms with Crippen molar-refractivity contribution in [3.63, 3.8) is 0 Å². The maximum Gasteiger partial charge on any atom is 0.254 e. The van der Waals surface area contributed by atoms with E-state index in [1.807, 2.05) is 55.8 Å². The molecule has 0 aliphatic heterocycles. The molecule has 33 heavy (non-hydrogen) atoms. The fourth-order valence-corrected chi connectivity index (χ4v) is 3.98. The SMILES string of the molecule is Cc1nc(CN(C)C(=O)c2cc(-c3ccco3)nc3c2cnn3C(C)C)nc2ccccc12. The minimum absolute atomic E-state index is 0.0940. The third-order valence-corrected chi connectivity index (χ3v) is 5.63. The second-order valence-corrected chi connectivity index (χ2v) is 8.36. The highest BCUT2D eigenvalue weighted by molar-refractivity contribution is 6.06. The first-order valence-electron chi connectivity index (χ1n) is 10.8. The second-order valence-electron chi connectivity index (χ2n) is 8.36. The summed E-state index contributed by atoms with van der Waals surface area (Å²) in [7, 11) is 1.75. The van der Waals surface area contributed by atoms with Gasteiger partial charge < -0.3 is 9.32 Å². The van der Waals surface area contributed by atoms with E-state index in [4.69, 9.17) is 9.40 Å². The molecular weight excluding hydrogens is 416 g/mol. The van der Waals surface area contributed by atoms with Crippen molar-refractivity contribution in [1.29, 1.82) is 0 Å². The van der Waals surface area contributed by atoms with Crippen LogP contribution in [0.25, 0.3) is 33.4 Å². The number of furan rings is 1. The van der Waals surface area contributed by atoms with Crippen LogP contribution in [0.5, 0.6) is 0 Å². The zero-order chi connectivity index (χ0) is 23.1. The zero-order valence-electron chi connectivity index (χ0n) is 19.0. The Morgan fingerprint density at radius 1 is 1.09 bits per heavy atom. The molecule has 0 radical (unpaired) electrons. The number of benzene rings is 1. The summed E-state index contributed by atoms with van der Waals surface area (Å²) in [6.07, 6.45) is 3.29. The van der Waals surface area contributed by atoms with E-state index in [1.54, 1.807) is 36.5 Å². The molecule has 5 rings (SSSR count). The van der Waals surface area contributed by atoms with Gasteiger partial charge in [-0.15, -0.1) is 0 Å². The fourth-order valence-electron chi connectivity index (χ4n) is 3.98. The number of aromatic nitrogens is 5. The lowest BCUT2D eigenvalue weighted by atomic mass is 10.1. The Morgan fingerprint density at radius 3 is 2.67 bits per heavy atom. The fraction of sp³-hybridized carbons (Fsp3) is 0.240. The predicted molar refractivity (Wildman–Crippen MR) is 126 cm³/mol. The van der Waals surface area contributed by atoms with Crippen LogP contribution in [0.15, 0.2) is 59.3 Å². The number of para-hydroxylation sites is 1. The van der Waals surface area contributed by atoms with Gasteiger partial charge in [-0.05, 0) is 45.0 Å². The third kappa shape index (κ3) is 3.73. The minimum Gasteiger partial charge on any atom is -0.463 e. The Balaban J connectivity index is 1.55. The topological polar surface area (TPSA) is 89.9 Å². The van der Waals surface area contributed by atoms with E-state index < -0.39 is 0 Å². The summed E-state index contributed by atoms with van der Waals surface area (Å²) in [4.78, 5) is 29.2. The molecule has 0 atom stereocenters. The molecule has 0 aliphatic carbocycles. The van der Waals surface area contributed by atoms with Gasteiger partial charge in [-0.25, -0.2) is 19.6 Å². The van der Waals surface area contributed by atoms with Crippen LogP contribution < -0.4 is 0 Å². The largest absolute Gasteiger partial charge is 0.463 e. The average molecular weight is 441 g/mol. The Bertz CT molecular complexity index is 1470. The number of aryl methyl sites for hydroxylation is 1. The molecule has 4 heterocycles. The van der Waals surface area contributed by atoms with E-state index >= 15 is 0 Å². The maximum absolute atomic E-state index is 13.6. The number of hydrogen-bond acceptors (Lipinski definition) is 6. The highest BCUT2D eigenvalue weighted by Crippen LogP contribution is 2.27. The lowest BCUT2D eigenvalue weighted by molar-refractivity contribution is 0.0783. The van der Waals surface area contributed by atoms with Crippen molar-refractivity contribution in [2.75, 3.05) is 7.05 Å². The molecule has 1 aromatic carbocycles. The number of pyridine rings is 1. The summed E-state index contributed by atoms with van der Waals surface area (Å²) in [5, 5.41) is 6.19. The third-order valence-electron chi connectivity index (χ3n) is 5.63. The summed E-state index contributed by atoms with van der Waals surface area (Å²) < 4.78 is 7.37. The quantitative estimate of drug-likeness (QED) is 0.390. The van der Waals surface area contributed by atoms with E-state index in [-0.39, 0.29) is 18.5 Å². The van der Waals surface area contributed by atoms with Crippen molar-refractivity contribution < 1.29 is 9.21 Å². The van der Waals surface area contributed by atoms with Crippen molar-refractivity contribution in [1.82, 2.24) is 29.6 Å². The molecule has 1 amide bonds. The van der Waals surface area contributed by atoms with Gasteiger partial charge in [0.2, 0.25) is 0 Å². The first-order valence-corrected chi connectivity index (χ1v) is 10.8. The zero-order valence-corrected chi connectivity index (χ0v) is 19.0. The Hall–Kier alpha value is -4.07. The molecule has 4 aromatic heterocycles. The molecule has 8 nitrogen and oxygen atoms in total. The summed E-state index contributed by atoms with van der Waals surface area (Å²) >= 11 is 0. The molecule has 0 spiro atoms. The summed E-state index contributed by atoms with van der Waals surface area (Å²) in [5.41, 5.74) is 3.50. The van der Waals surface area contributed by atoms with Crippen LogP contribution in [-0.4, -0.2) is 42.6 Å². The molecule has 5 aromatic rings. The van der Waals surface area contributed by atoms with E-state index in [0.717, 1.165) is 16.6 Å². The van der Waals surface area contributed by atoms with Gasteiger partial charge in [-0.3, -0.25) is 4.79 Å². The predicted octanol–water partition coefficient (Wildman–Crippen LogP) is 4.80. The normalized spacial score (nSPS) is 11.5. The molecule has 0 saturated carbocycles. The number of rotatable bonds is 5. The van der Waals surface area contributed by atoms with Crippen molar-refractivity contribution in [2.24, 2.45) is 0 Å². The van der Waals surface area contributed by atoms with Gasteiger partial charge in [0.05, 0.1) is 35.5 Å². The number of amides is 1. The van der Waals surface area contributed by atoms with Gasteiger partial charge in [0.25, 0.3) is 5.91 Å². The molecule has 0 aliphatic rings. The number of carbonyl (C=O) groups is 1. The summed E-state index contributed by atoms with van der Waals surface area (Å²) in [5.74, 6) is 1.03. The lowest BCUT2D eigenvalue weighted by Gasteiger charge is -2.18. The molecule has 0 N–H and O–H groups in total. The number of hydrogen-bond donors (Lipinski definition) is 0. The molecule has 8 heteroatoms. The highest BCUT2D eigenvalue weighted by atomic mass is 16.3. The van der Waals surface area contributed by atoms with E-state index in [2.05, 4.69) is 15.1 Å². The van der Waals surface area contributed by atoms with Gasteiger partial charge >= 0.3 is 0 Å². The molecule has 0 saturated heterocycles. The monoisotopic (exact) mass is 440 g/mol. The smallest absolute Gasteiger partial charge is 0.254 e. The number of carbonyl (C=O) groups excluding carboxylic acids is 1. The van der Waals surface area contributed by atoms with Gasteiger partial charge in [-0.2, -0.15) is 5.10 Å². The van der Waals surface area contributed by atoms with Gasteiger partial charge in [-0.1, -0.05) is 18.2 Å². The van der Waals surface area contributed by atoms with Gasteiger partial charge in [0, 0.05) is 24.2 Å².